The monoisotopic (exact) mass is 332 g/mol. The van der Waals surface area contributed by atoms with E-state index >= 15 is 0 Å². The largest absolute Gasteiger partial charge is 0.366 e. The fourth-order valence-corrected chi connectivity index (χ4v) is 3.66. The van der Waals surface area contributed by atoms with Crippen LogP contribution in [0.15, 0.2) is 28.9 Å². The number of imide groups is 1. The number of rotatable bonds is 2. The Bertz CT molecular complexity index is 668. The van der Waals surface area contributed by atoms with Crippen LogP contribution >= 0.6 is 11.6 Å². The van der Waals surface area contributed by atoms with E-state index < -0.39 is 5.91 Å². The van der Waals surface area contributed by atoms with E-state index in [1.807, 2.05) is 36.9 Å². The van der Waals surface area contributed by atoms with Crippen molar-refractivity contribution in [1.82, 2.24) is 4.90 Å². The maximum atomic E-state index is 12.9. The lowest BCUT2D eigenvalue weighted by Gasteiger charge is -2.24. The van der Waals surface area contributed by atoms with Crippen LogP contribution in [0.4, 0.5) is 5.69 Å². The molecule has 0 bridgehead atoms. The number of benzene rings is 1. The Morgan fingerprint density at radius 2 is 1.43 bits per heavy atom. The number of likely N-dealkylation sites (tertiary alicyclic amines) is 1. The molecule has 0 spiro atoms. The van der Waals surface area contributed by atoms with E-state index in [2.05, 4.69) is 0 Å². The van der Waals surface area contributed by atoms with Gasteiger partial charge in [0.2, 0.25) is 0 Å². The molecule has 1 aromatic rings. The summed E-state index contributed by atoms with van der Waals surface area (Å²) in [5, 5.41) is 0.0519. The van der Waals surface area contributed by atoms with E-state index in [0.717, 1.165) is 49.9 Å². The standard InChI is InChI=1S/C18H21ClN2O2/c1-12-9-13(2)11-14(10-12)21-17(22)15(19)16(18(21)23)20-7-5-3-4-6-8-20/h9-11H,3-8H2,1-2H3. The summed E-state index contributed by atoms with van der Waals surface area (Å²) in [5.41, 5.74) is 3.00. The highest BCUT2D eigenvalue weighted by Crippen LogP contribution is 2.33. The summed E-state index contributed by atoms with van der Waals surface area (Å²) in [6.07, 6.45) is 4.37. The Balaban J connectivity index is 1.95. The number of carbonyl (C=O) groups is 2. The Kier molecular flexibility index (Phi) is 4.44. The molecule has 2 aliphatic rings. The summed E-state index contributed by atoms with van der Waals surface area (Å²) < 4.78 is 0. The van der Waals surface area contributed by atoms with Crippen molar-refractivity contribution in [1.29, 1.82) is 0 Å². The molecule has 2 heterocycles. The SMILES string of the molecule is Cc1cc(C)cc(N2C(=O)C(Cl)=C(N3CCCCCC3)C2=O)c1. The van der Waals surface area contributed by atoms with Crippen LogP contribution in [0.2, 0.25) is 0 Å². The van der Waals surface area contributed by atoms with Gasteiger partial charge in [-0.05, 0) is 49.9 Å². The number of amides is 2. The van der Waals surface area contributed by atoms with E-state index in [1.54, 1.807) is 0 Å². The van der Waals surface area contributed by atoms with E-state index in [4.69, 9.17) is 11.6 Å². The Morgan fingerprint density at radius 3 is 2.00 bits per heavy atom. The molecule has 3 rings (SSSR count). The van der Waals surface area contributed by atoms with Crippen molar-refractivity contribution in [3.63, 3.8) is 0 Å². The average Bonchev–Trinajstić information content (AvgIpc) is 2.68. The number of nitrogens with zero attached hydrogens (tertiary/aromatic N) is 2. The number of halogens is 1. The van der Waals surface area contributed by atoms with Gasteiger partial charge in [0.15, 0.2) is 0 Å². The minimum atomic E-state index is -0.416. The van der Waals surface area contributed by atoms with Gasteiger partial charge in [-0.25, -0.2) is 4.90 Å². The quantitative estimate of drug-likeness (QED) is 0.778. The molecule has 23 heavy (non-hydrogen) atoms. The fraction of sp³-hybridized carbons (Fsp3) is 0.444. The molecule has 1 saturated heterocycles. The first kappa shape index (κ1) is 16.1. The molecule has 0 N–H and O–H groups in total. The summed E-state index contributed by atoms with van der Waals surface area (Å²) in [7, 11) is 0. The van der Waals surface area contributed by atoms with Gasteiger partial charge in [-0.1, -0.05) is 30.5 Å². The van der Waals surface area contributed by atoms with Gasteiger partial charge in [0.1, 0.15) is 10.7 Å². The highest BCUT2D eigenvalue weighted by Gasteiger charge is 2.41. The highest BCUT2D eigenvalue weighted by atomic mass is 35.5. The third kappa shape index (κ3) is 3.00. The van der Waals surface area contributed by atoms with Gasteiger partial charge in [-0.15, -0.1) is 0 Å². The topological polar surface area (TPSA) is 40.6 Å². The van der Waals surface area contributed by atoms with Crippen molar-refractivity contribution in [2.24, 2.45) is 0 Å². The van der Waals surface area contributed by atoms with Crippen molar-refractivity contribution in [3.05, 3.63) is 40.1 Å². The normalized spacial score (nSPS) is 19.6. The number of hydrogen-bond donors (Lipinski definition) is 0. The Labute approximate surface area is 141 Å². The van der Waals surface area contributed by atoms with Crippen LogP contribution < -0.4 is 4.90 Å². The van der Waals surface area contributed by atoms with Gasteiger partial charge in [0, 0.05) is 13.1 Å². The van der Waals surface area contributed by atoms with Crippen molar-refractivity contribution in [3.8, 4) is 0 Å². The second-order valence-corrected chi connectivity index (χ2v) is 6.73. The lowest BCUT2D eigenvalue weighted by Crippen LogP contribution is -2.35. The molecule has 0 aromatic heterocycles. The van der Waals surface area contributed by atoms with Crippen molar-refractivity contribution < 1.29 is 9.59 Å². The number of anilines is 1. The van der Waals surface area contributed by atoms with Crippen LogP contribution in [-0.2, 0) is 9.59 Å². The molecule has 2 amide bonds. The molecule has 0 aliphatic carbocycles. The lowest BCUT2D eigenvalue weighted by atomic mass is 10.1. The van der Waals surface area contributed by atoms with Crippen molar-refractivity contribution in [2.45, 2.75) is 39.5 Å². The van der Waals surface area contributed by atoms with Crippen LogP contribution in [0.5, 0.6) is 0 Å². The van der Waals surface area contributed by atoms with E-state index in [1.165, 1.54) is 4.90 Å². The maximum Gasteiger partial charge on any atom is 0.283 e. The van der Waals surface area contributed by atoms with Crippen molar-refractivity contribution in [2.75, 3.05) is 18.0 Å². The molecule has 1 fully saturated rings. The van der Waals surface area contributed by atoms with Crippen LogP contribution in [-0.4, -0.2) is 29.8 Å². The summed E-state index contributed by atoms with van der Waals surface area (Å²) in [6.45, 7) is 5.47. The zero-order valence-electron chi connectivity index (χ0n) is 13.6. The van der Waals surface area contributed by atoms with Crippen LogP contribution in [0.1, 0.15) is 36.8 Å². The molecule has 0 radical (unpaired) electrons. The van der Waals surface area contributed by atoms with Crippen LogP contribution in [0, 0.1) is 13.8 Å². The first-order valence-electron chi connectivity index (χ1n) is 8.11. The third-order valence-corrected chi connectivity index (χ3v) is 4.73. The van der Waals surface area contributed by atoms with Crippen molar-refractivity contribution >= 4 is 29.1 Å². The molecule has 0 atom stereocenters. The second kappa shape index (κ2) is 6.36. The zero-order valence-corrected chi connectivity index (χ0v) is 14.3. The highest BCUT2D eigenvalue weighted by molar-refractivity contribution is 6.52. The smallest absolute Gasteiger partial charge is 0.283 e. The van der Waals surface area contributed by atoms with Gasteiger partial charge in [-0.2, -0.15) is 0 Å². The predicted molar refractivity (Wildman–Crippen MR) is 91.3 cm³/mol. The molecular formula is C18H21ClN2O2. The van der Waals surface area contributed by atoms with Gasteiger partial charge in [-0.3, -0.25) is 9.59 Å². The molecule has 0 saturated carbocycles. The predicted octanol–water partition coefficient (Wildman–Crippen LogP) is 3.50. The lowest BCUT2D eigenvalue weighted by molar-refractivity contribution is -0.121. The average molecular weight is 333 g/mol. The summed E-state index contributed by atoms with van der Waals surface area (Å²) in [4.78, 5) is 28.6. The fourth-order valence-electron chi connectivity index (χ4n) is 3.37. The van der Waals surface area contributed by atoms with Crippen LogP contribution in [0.3, 0.4) is 0 Å². The number of aryl methyl sites for hydroxylation is 2. The zero-order chi connectivity index (χ0) is 16.6. The summed E-state index contributed by atoms with van der Waals surface area (Å²) in [5.74, 6) is -0.715. The van der Waals surface area contributed by atoms with Crippen LogP contribution in [0.25, 0.3) is 0 Å². The summed E-state index contributed by atoms with van der Waals surface area (Å²) in [6, 6.07) is 5.70. The van der Waals surface area contributed by atoms with Gasteiger partial charge in [0.05, 0.1) is 5.69 Å². The van der Waals surface area contributed by atoms with Gasteiger partial charge >= 0.3 is 0 Å². The van der Waals surface area contributed by atoms with Gasteiger partial charge in [0.25, 0.3) is 11.8 Å². The first-order chi connectivity index (χ1) is 11.0. The first-order valence-corrected chi connectivity index (χ1v) is 8.48. The second-order valence-electron chi connectivity index (χ2n) is 6.36. The van der Waals surface area contributed by atoms with E-state index in [-0.39, 0.29) is 10.9 Å². The molecule has 5 heteroatoms. The molecular weight excluding hydrogens is 312 g/mol. The third-order valence-electron chi connectivity index (χ3n) is 4.39. The summed E-state index contributed by atoms with van der Waals surface area (Å²) >= 11 is 6.26. The minimum absolute atomic E-state index is 0.0519. The number of carbonyl (C=O) groups excluding carboxylic acids is 2. The maximum absolute atomic E-state index is 12.9. The number of hydrogen-bond acceptors (Lipinski definition) is 3. The Hall–Kier alpha value is -1.81. The molecule has 122 valence electrons. The van der Waals surface area contributed by atoms with Gasteiger partial charge < -0.3 is 4.90 Å². The van der Waals surface area contributed by atoms with E-state index in [0.29, 0.717) is 11.4 Å². The van der Waals surface area contributed by atoms with E-state index in [9.17, 15) is 9.59 Å². The molecule has 0 unspecified atom stereocenters. The Morgan fingerprint density at radius 1 is 0.870 bits per heavy atom. The molecule has 1 aromatic carbocycles. The molecule has 4 nitrogen and oxygen atoms in total. The minimum Gasteiger partial charge on any atom is -0.366 e. The molecule has 2 aliphatic heterocycles.